The summed E-state index contributed by atoms with van der Waals surface area (Å²) in [5.41, 5.74) is 2.67. The Labute approximate surface area is 185 Å². The molecule has 0 radical (unpaired) electrons. The number of esters is 1. The second-order valence-corrected chi connectivity index (χ2v) is 8.76. The fourth-order valence-electron chi connectivity index (χ4n) is 3.84. The number of hydrogen-bond acceptors (Lipinski definition) is 6. The minimum atomic E-state index is -0.381. The van der Waals surface area contributed by atoms with Gasteiger partial charge < -0.3 is 19.5 Å². The van der Waals surface area contributed by atoms with Crippen LogP contribution in [0.3, 0.4) is 0 Å². The number of carbonyl (C=O) groups excluding carboxylic acids is 2. The monoisotopic (exact) mass is 439 g/mol. The molecule has 162 valence electrons. The number of hydrogen-bond donors (Lipinski definition) is 1. The van der Waals surface area contributed by atoms with E-state index in [1.807, 2.05) is 6.07 Å². The number of ether oxygens (including phenoxy) is 3. The molecular weight excluding hydrogens is 414 g/mol. The van der Waals surface area contributed by atoms with E-state index in [1.165, 1.54) is 17.6 Å². The molecule has 0 unspecified atom stereocenters. The number of thiophene rings is 1. The number of fused-ring (bicyclic) bond motifs is 2. The number of nitrogens with one attached hydrogen (secondary N) is 1. The number of methoxy groups -OCH3 is 1. The van der Waals surface area contributed by atoms with E-state index in [0.29, 0.717) is 33.6 Å². The fourth-order valence-corrected chi connectivity index (χ4v) is 5.24. The highest BCUT2D eigenvalue weighted by Gasteiger charge is 2.29. The highest BCUT2D eigenvalue weighted by atomic mass is 32.1. The molecule has 1 N–H and O–H groups in total. The maximum atomic E-state index is 13.1. The van der Waals surface area contributed by atoms with Crippen molar-refractivity contribution in [1.82, 2.24) is 0 Å². The van der Waals surface area contributed by atoms with Gasteiger partial charge in [0.15, 0.2) is 0 Å². The summed E-state index contributed by atoms with van der Waals surface area (Å²) in [5.74, 6) is 1.17. The van der Waals surface area contributed by atoms with Crippen molar-refractivity contribution >= 4 is 34.3 Å². The molecule has 0 saturated carbocycles. The standard InChI is InChI=1S/C24H25NO5S/c1-4-29-24(27)21-18-7-5-14(2)11-20(18)31-23(21)25-22(26)15-9-10-30-19-8-6-17(28-3)13-16(19)12-15/h6,8-10,12-14H,4-5,7,11H2,1-3H3,(H,25,26)/t14-/m0/s1. The van der Waals surface area contributed by atoms with Crippen LogP contribution >= 0.6 is 11.3 Å². The molecule has 2 aliphatic rings. The first kappa shape index (κ1) is 21.2. The Morgan fingerprint density at radius 3 is 2.94 bits per heavy atom. The van der Waals surface area contributed by atoms with Crippen molar-refractivity contribution in [3.8, 4) is 11.5 Å². The van der Waals surface area contributed by atoms with E-state index in [-0.39, 0.29) is 18.5 Å². The molecule has 31 heavy (non-hydrogen) atoms. The van der Waals surface area contributed by atoms with E-state index >= 15 is 0 Å². The smallest absolute Gasteiger partial charge is 0.341 e. The van der Waals surface area contributed by atoms with E-state index in [0.717, 1.165) is 35.3 Å². The predicted molar refractivity (Wildman–Crippen MR) is 121 cm³/mol. The molecule has 1 atom stereocenters. The average molecular weight is 440 g/mol. The topological polar surface area (TPSA) is 73.9 Å². The van der Waals surface area contributed by atoms with Gasteiger partial charge in [0.2, 0.25) is 0 Å². The second-order valence-electron chi connectivity index (χ2n) is 7.65. The molecule has 1 aliphatic carbocycles. The van der Waals surface area contributed by atoms with Crippen LogP contribution in [0, 0.1) is 5.92 Å². The summed E-state index contributed by atoms with van der Waals surface area (Å²) in [7, 11) is 1.59. The van der Waals surface area contributed by atoms with E-state index < -0.39 is 0 Å². The summed E-state index contributed by atoms with van der Waals surface area (Å²) >= 11 is 1.47. The lowest BCUT2D eigenvalue weighted by atomic mass is 9.88. The summed E-state index contributed by atoms with van der Waals surface area (Å²) in [6.07, 6.45) is 7.59. The van der Waals surface area contributed by atoms with Crippen LogP contribution in [0.5, 0.6) is 11.5 Å². The molecule has 6 nitrogen and oxygen atoms in total. The van der Waals surface area contributed by atoms with Crippen LogP contribution in [0.2, 0.25) is 0 Å². The van der Waals surface area contributed by atoms with Gasteiger partial charge in [-0.2, -0.15) is 0 Å². The van der Waals surface area contributed by atoms with Crippen LogP contribution in [-0.4, -0.2) is 25.6 Å². The summed E-state index contributed by atoms with van der Waals surface area (Å²) in [6, 6.07) is 5.41. The second kappa shape index (κ2) is 8.98. The van der Waals surface area contributed by atoms with Crippen molar-refractivity contribution in [1.29, 1.82) is 0 Å². The van der Waals surface area contributed by atoms with E-state index in [9.17, 15) is 9.59 Å². The van der Waals surface area contributed by atoms with Crippen molar-refractivity contribution in [2.75, 3.05) is 19.0 Å². The largest absolute Gasteiger partial charge is 0.497 e. The van der Waals surface area contributed by atoms with Gasteiger partial charge >= 0.3 is 5.97 Å². The van der Waals surface area contributed by atoms with Crippen molar-refractivity contribution in [3.63, 3.8) is 0 Å². The molecular formula is C24H25NO5S. The third-order valence-corrected chi connectivity index (χ3v) is 6.62. The third-order valence-electron chi connectivity index (χ3n) is 5.45. The number of anilines is 1. The number of amides is 1. The van der Waals surface area contributed by atoms with Gasteiger partial charge in [0.05, 0.1) is 25.5 Å². The zero-order valence-corrected chi connectivity index (χ0v) is 18.6. The van der Waals surface area contributed by atoms with Crippen LogP contribution < -0.4 is 14.8 Å². The molecule has 0 saturated heterocycles. The van der Waals surface area contributed by atoms with Gasteiger partial charge in [-0.05, 0) is 68.0 Å². The van der Waals surface area contributed by atoms with Crippen molar-refractivity contribution in [2.45, 2.75) is 33.1 Å². The van der Waals surface area contributed by atoms with Crippen LogP contribution in [0.1, 0.15) is 46.6 Å². The number of rotatable bonds is 5. The number of benzene rings is 1. The summed E-state index contributed by atoms with van der Waals surface area (Å²) < 4.78 is 16.2. The molecule has 7 heteroatoms. The van der Waals surface area contributed by atoms with Gasteiger partial charge in [0.25, 0.3) is 5.91 Å². The van der Waals surface area contributed by atoms with Crippen LogP contribution in [-0.2, 0) is 22.4 Å². The molecule has 4 rings (SSSR count). The normalized spacial score (nSPS) is 16.9. The first-order chi connectivity index (χ1) is 15.0. The number of carbonyl (C=O) groups is 2. The quantitative estimate of drug-likeness (QED) is 0.665. The molecule has 0 fully saturated rings. The van der Waals surface area contributed by atoms with E-state index in [2.05, 4.69) is 12.2 Å². The average Bonchev–Trinajstić information content (AvgIpc) is 2.95. The fraction of sp³-hybridized carbons (Fsp3) is 0.333. The lowest BCUT2D eigenvalue weighted by Crippen LogP contribution is -2.17. The van der Waals surface area contributed by atoms with Crippen LogP contribution in [0.4, 0.5) is 5.00 Å². The molecule has 2 heterocycles. The van der Waals surface area contributed by atoms with Gasteiger partial charge in [-0.15, -0.1) is 11.3 Å². The van der Waals surface area contributed by atoms with Gasteiger partial charge in [0.1, 0.15) is 16.5 Å². The Hall–Kier alpha value is -3.06. The first-order valence-corrected chi connectivity index (χ1v) is 11.2. The highest BCUT2D eigenvalue weighted by molar-refractivity contribution is 7.17. The van der Waals surface area contributed by atoms with Gasteiger partial charge in [-0.1, -0.05) is 6.92 Å². The molecule has 1 aromatic heterocycles. The highest BCUT2D eigenvalue weighted by Crippen LogP contribution is 2.40. The Morgan fingerprint density at radius 2 is 2.16 bits per heavy atom. The molecule has 1 amide bonds. The summed E-state index contributed by atoms with van der Waals surface area (Å²) in [5, 5.41) is 3.50. The van der Waals surface area contributed by atoms with Crippen molar-refractivity contribution < 1.29 is 23.8 Å². The zero-order chi connectivity index (χ0) is 22.0. The molecule has 1 aliphatic heterocycles. The Morgan fingerprint density at radius 1 is 1.32 bits per heavy atom. The SMILES string of the molecule is CCOC(=O)c1c(NC(=O)C2=Cc3cc(OC)ccc3OC=C2)sc2c1CC[C@H](C)C2. The lowest BCUT2D eigenvalue weighted by Gasteiger charge is -2.18. The van der Waals surface area contributed by atoms with Crippen LogP contribution in [0.15, 0.2) is 36.1 Å². The van der Waals surface area contributed by atoms with E-state index in [4.69, 9.17) is 14.2 Å². The maximum Gasteiger partial charge on any atom is 0.341 e. The predicted octanol–water partition coefficient (Wildman–Crippen LogP) is 4.99. The maximum absolute atomic E-state index is 13.1. The summed E-state index contributed by atoms with van der Waals surface area (Å²) in [6.45, 7) is 4.28. The Kier molecular flexibility index (Phi) is 6.13. The Balaban J connectivity index is 1.66. The van der Waals surface area contributed by atoms with E-state index in [1.54, 1.807) is 38.3 Å². The van der Waals surface area contributed by atoms with Gasteiger partial charge in [0, 0.05) is 16.0 Å². The Bertz CT molecular complexity index is 1080. The molecule has 2 aromatic rings. The molecule has 0 bridgehead atoms. The zero-order valence-electron chi connectivity index (χ0n) is 17.8. The van der Waals surface area contributed by atoms with Gasteiger partial charge in [-0.25, -0.2) is 4.79 Å². The van der Waals surface area contributed by atoms with Crippen molar-refractivity contribution in [2.24, 2.45) is 5.92 Å². The first-order valence-electron chi connectivity index (χ1n) is 10.4. The minimum absolute atomic E-state index is 0.289. The third kappa shape index (κ3) is 4.37. The summed E-state index contributed by atoms with van der Waals surface area (Å²) in [4.78, 5) is 27.0. The van der Waals surface area contributed by atoms with Gasteiger partial charge in [-0.3, -0.25) is 4.79 Å². The van der Waals surface area contributed by atoms with Crippen molar-refractivity contribution in [3.05, 3.63) is 57.7 Å². The molecule has 1 aromatic carbocycles. The van der Waals surface area contributed by atoms with Crippen LogP contribution in [0.25, 0.3) is 6.08 Å². The lowest BCUT2D eigenvalue weighted by molar-refractivity contribution is -0.112. The molecule has 0 spiro atoms. The minimum Gasteiger partial charge on any atom is -0.497 e.